The molecule has 5 rings (SSSR count). The van der Waals surface area contributed by atoms with Crippen molar-refractivity contribution in [2.45, 2.75) is 31.6 Å². The van der Waals surface area contributed by atoms with Gasteiger partial charge in [-0.15, -0.1) is 11.8 Å². The fraction of sp³-hybridized carbons (Fsp3) is 0.353. The van der Waals surface area contributed by atoms with Crippen LogP contribution in [0, 0.1) is 0 Å². The molecule has 1 aliphatic carbocycles. The largest absolute Gasteiger partial charge is 0.361 e. The summed E-state index contributed by atoms with van der Waals surface area (Å²) in [5.74, 6) is 1.40. The van der Waals surface area contributed by atoms with Gasteiger partial charge in [0.05, 0.1) is 0 Å². The van der Waals surface area contributed by atoms with E-state index in [0.29, 0.717) is 6.42 Å². The van der Waals surface area contributed by atoms with E-state index in [2.05, 4.69) is 21.7 Å². The molecule has 0 amide bonds. The van der Waals surface area contributed by atoms with E-state index in [9.17, 15) is 4.79 Å². The molecule has 0 fully saturated rings. The lowest BCUT2D eigenvalue weighted by Gasteiger charge is -2.33. The third-order valence-electron chi connectivity index (χ3n) is 4.83. The second-order valence-corrected chi connectivity index (χ2v) is 7.32. The van der Waals surface area contributed by atoms with Gasteiger partial charge in [0.2, 0.25) is 0 Å². The molecule has 0 spiro atoms. The first kappa shape index (κ1) is 13.4. The third-order valence-corrected chi connectivity index (χ3v) is 6.03. The standard InChI is InChI=1S/C17H15N3O2S/c21-14-3-1-2-11-16(14)15(17-12(18-11)6-7-23-17)9-4-5-10-13(8-9)20-22-19-10/h4-5,8,15,18H,1-3,6-7H2/t15-/m1/s1. The number of rotatable bonds is 1. The number of ketones is 1. The van der Waals surface area contributed by atoms with Crippen molar-refractivity contribution in [3.63, 3.8) is 0 Å². The Morgan fingerprint density at radius 1 is 1.13 bits per heavy atom. The molecule has 1 N–H and O–H groups in total. The molecule has 0 radical (unpaired) electrons. The molecule has 3 aliphatic rings. The minimum Gasteiger partial charge on any atom is -0.361 e. The highest BCUT2D eigenvalue weighted by Crippen LogP contribution is 2.50. The van der Waals surface area contributed by atoms with Crippen LogP contribution in [0.1, 0.15) is 37.2 Å². The highest BCUT2D eigenvalue weighted by atomic mass is 32.2. The summed E-state index contributed by atoms with van der Waals surface area (Å²) in [7, 11) is 0. The number of hydrogen-bond donors (Lipinski definition) is 1. The number of dihydropyridines is 1. The fourth-order valence-electron chi connectivity index (χ4n) is 3.79. The highest BCUT2D eigenvalue weighted by molar-refractivity contribution is 8.03. The van der Waals surface area contributed by atoms with Crippen LogP contribution >= 0.6 is 11.8 Å². The van der Waals surface area contributed by atoms with Crippen molar-refractivity contribution < 1.29 is 9.42 Å². The molecule has 2 aromatic rings. The molecular weight excluding hydrogens is 310 g/mol. The van der Waals surface area contributed by atoms with Gasteiger partial charge in [0, 0.05) is 40.0 Å². The number of Topliss-reactive ketones (excluding diaryl/α,β-unsaturated/α-hetero) is 1. The van der Waals surface area contributed by atoms with Gasteiger partial charge in [-0.2, -0.15) is 0 Å². The molecule has 0 saturated heterocycles. The van der Waals surface area contributed by atoms with E-state index in [-0.39, 0.29) is 11.7 Å². The molecular formula is C17H15N3O2S. The van der Waals surface area contributed by atoms with Crippen LogP contribution in [0.4, 0.5) is 0 Å². The van der Waals surface area contributed by atoms with Gasteiger partial charge in [-0.3, -0.25) is 4.79 Å². The smallest absolute Gasteiger partial charge is 0.161 e. The number of benzene rings is 1. The number of thioether (sulfide) groups is 1. The Morgan fingerprint density at radius 3 is 3.00 bits per heavy atom. The Kier molecular flexibility index (Phi) is 2.88. The fourth-order valence-corrected chi connectivity index (χ4v) is 5.07. The van der Waals surface area contributed by atoms with E-state index < -0.39 is 0 Å². The molecule has 0 unspecified atom stereocenters. The van der Waals surface area contributed by atoms with Crippen LogP contribution in [-0.2, 0) is 4.79 Å². The molecule has 116 valence electrons. The molecule has 0 saturated carbocycles. The van der Waals surface area contributed by atoms with E-state index >= 15 is 0 Å². The lowest BCUT2D eigenvalue weighted by Crippen LogP contribution is -2.30. The molecule has 1 aromatic heterocycles. The van der Waals surface area contributed by atoms with Gasteiger partial charge in [-0.1, -0.05) is 6.07 Å². The number of aromatic nitrogens is 2. The summed E-state index contributed by atoms with van der Waals surface area (Å²) in [4.78, 5) is 13.9. The second-order valence-electron chi connectivity index (χ2n) is 6.18. The van der Waals surface area contributed by atoms with Crippen molar-refractivity contribution in [3.05, 3.63) is 45.6 Å². The average Bonchev–Trinajstić information content (AvgIpc) is 3.21. The van der Waals surface area contributed by atoms with Gasteiger partial charge in [-0.05, 0) is 47.3 Å². The van der Waals surface area contributed by atoms with Gasteiger partial charge < -0.3 is 5.32 Å². The molecule has 23 heavy (non-hydrogen) atoms. The number of carbonyl (C=O) groups excluding carboxylic acids is 1. The Balaban J connectivity index is 1.70. The van der Waals surface area contributed by atoms with Crippen LogP contribution < -0.4 is 5.32 Å². The summed E-state index contributed by atoms with van der Waals surface area (Å²) in [5.41, 5.74) is 5.99. The number of fused-ring (bicyclic) bond motifs is 1. The normalized spacial score (nSPS) is 24.0. The van der Waals surface area contributed by atoms with E-state index in [0.717, 1.165) is 52.9 Å². The SMILES string of the molecule is O=C1CCCC2=C1[C@@H](c1ccc3nonc3c1)C1=C(CCS1)N2. The maximum atomic E-state index is 12.6. The zero-order valence-corrected chi connectivity index (χ0v) is 13.3. The van der Waals surface area contributed by atoms with Gasteiger partial charge in [0.15, 0.2) is 5.78 Å². The maximum Gasteiger partial charge on any atom is 0.161 e. The predicted molar refractivity (Wildman–Crippen MR) is 87.7 cm³/mol. The van der Waals surface area contributed by atoms with Gasteiger partial charge >= 0.3 is 0 Å². The Hall–Kier alpha value is -2.08. The van der Waals surface area contributed by atoms with Crippen LogP contribution in [0.2, 0.25) is 0 Å². The summed E-state index contributed by atoms with van der Waals surface area (Å²) >= 11 is 1.87. The van der Waals surface area contributed by atoms with Gasteiger partial charge in [0.1, 0.15) is 11.0 Å². The first-order valence-corrected chi connectivity index (χ1v) is 8.91. The summed E-state index contributed by atoms with van der Waals surface area (Å²) < 4.78 is 4.81. The second kappa shape index (κ2) is 4.96. The molecule has 1 aromatic carbocycles. The zero-order chi connectivity index (χ0) is 15.4. The first-order chi connectivity index (χ1) is 11.3. The van der Waals surface area contributed by atoms with E-state index in [4.69, 9.17) is 4.63 Å². The summed E-state index contributed by atoms with van der Waals surface area (Å²) in [6.07, 6.45) is 3.61. The van der Waals surface area contributed by atoms with Crippen molar-refractivity contribution in [1.82, 2.24) is 15.6 Å². The van der Waals surface area contributed by atoms with Gasteiger partial charge in [0.25, 0.3) is 0 Å². The summed E-state index contributed by atoms with van der Waals surface area (Å²) in [6, 6.07) is 5.99. The highest BCUT2D eigenvalue weighted by Gasteiger charge is 2.38. The Labute approximate surface area is 137 Å². The third kappa shape index (κ3) is 1.97. The lowest BCUT2D eigenvalue weighted by atomic mass is 9.79. The van der Waals surface area contributed by atoms with E-state index in [1.807, 2.05) is 23.9 Å². The van der Waals surface area contributed by atoms with Crippen LogP contribution in [0.15, 0.2) is 44.7 Å². The molecule has 6 heteroatoms. The number of allylic oxidation sites excluding steroid dienone is 4. The summed E-state index contributed by atoms with van der Waals surface area (Å²) in [5, 5.41) is 11.4. The van der Waals surface area contributed by atoms with E-state index in [1.165, 1.54) is 10.6 Å². The van der Waals surface area contributed by atoms with Crippen LogP contribution in [-0.4, -0.2) is 21.8 Å². The summed E-state index contributed by atoms with van der Waals surface area (Å²) in [6.45, 7) is 0. The molecule has 0 bridgehead atoms. The number of nitrogens with one attached hydrogen (secondary N) is 1. The predicted octanol–water partition coefficient (Wildman–Crippen LogP) is 3.27. The topological polar surface area (TPSA) is 68.0 Å². The minimum absolute atomic E-state index is 0.0441. The molecule has 2 aliphatic heterocycles. The number of nitrogens with zero attached hydrogens (tertiary/aromatic N) is 2. The van der Waals surface area contributed by atoms with Crippen molar-refractivity contribution in [2.75, 3.05) is 5.75 Å². The van der Waals surface area contributed by atoms with Crippen LogP contribution in [0.3, 0.4) is 0 Å². The molecule has 5 nitrogen and oxygen atoms in total. The maximum absolute atomic E-state index is 12.6. The molecule has 1 atom stereocenters. The minimum atomic E-state index is 0.0441. The average molecular weight is 325 g/mol. The van der Waals surface area contributed by atoms with Crippen LogP contribution in [0.25, 0.3) is 11.0 Å². The number of carbonyl (C=O) groups is 1. The lowest BCUT2D eigenvalue weighted by molar-refractivity contribution is -0.116. The first-order valence-electron chi connectivity index (χ1n) is 7.92. The Bertz CT molecular complexity index is 896. The van der Waals surface area contributed by atoms with Crippen molar-refractivity contribution >= 4 is 28.6 Å². The quantitative estimate of drug-likeness (QED) is 0.868. The molecule has 3 heterocycles. The van der Waals surface area contributed by atoms with E-state index in [1.54, 1.807) is 0 Å². The van der Waals surface area contributed by atoms with Crippen LogP contribution in [0.5, 0.6) is 0 Å². The van der Waals surface area contributed by atoms with Gasteiger partial charge in [-0.25, -0.2) is 4.63 Å². The number of hydrogen-bond acceptors (Lipinski definition) is 6. The van der Waals surface area contributed by atoms with Crippen molar-refractivity contribution in [1.29, 1.82) is 0 Å². The Morgan fingerprint density at radius 2 is 2.04 bits per heavy atom. The monoisotopic (exact) mass is 325 g/mol. The van der Waals surface area contributed by atoms with Crippen molar-refractivity contribution in [3.8, 4) is 0 Å². The zero-order valence-electron chi connectivity index (χ0n) is 12.5. The van der Waals surface area contributed by atoms with Crippen molar-refractivity contribution in [2.24, 2.45) is 0 Å².